The van der Waals surface area contributed by atoms with Gasteiger partial charge in [-0.05, 0) is 0 Å². The van der Waals surface area contributed by atoms with Gasteiger partial charge in [-0.2, -0.15) is 0 Å². The Balaban J connectivity index is 0.00000441. The molecule has 5 atom stereocenters. The Morgan fingerprint density at radius 3 is 2.00 bits per heavy atom. The summed E-state index contributed by atoms with van der Waals surface area (Å²) in [6.45, 7) is 2.77. The molecule has 120 valence electrons. The van der Waals surface area contributed by atoms with E-state index in [4.69, 9.17) is 14.2 Å². The Morgan fingerprint density at radius 2 is 1.55 bits per heavy atom. The van der Waals surface area contributed by atoms with Crippen LogP contribution in [0, 0.1) is 0 Å². The Kier molecular flexibility index (Phi) is 9.86. The van der Waals surface area contributed by atoms with Gasteiger partial charge in [-0.3, -0.25) is 14.4 Å². The zero-order valence-corrected chi connectivity index (χ0v) is 15.9. The summed E-state index contributed by atoms with van der Waals surface area (Å²) in [5.41, 5.74) is 0. The smallest absolute Gasteiger partial charge is 0.829 e. The van der Waals surface area contributed by atoms with E-state index in [-0.39, 0.29) is 51.4 Å². The van der Waals surface area contributed by atoms with Crippen LogP contribution in [0.4, 0.5) is 4.39 Å². The first-order valence-electron chi connectivity index (χ1n) is 6.15. The van der Waals surface area contributed by atoms with Crippen LogP contribution in [-0.2, 0) is 33.3 Å². The predicted octanol–water partition coefficient (Wildman–Crippen LogP) is -4.16. The van der Waals surface area contributed by atoms with Crippen molar-refractivity contribution in [2.24, 2.45) is 0 Å². The summed E-state index contributed by atoms with van der Waals surface area (Å²) < 4.78 is 32.9. The van der Waals surface area contributed by atoms with E-state index in [1.54, 1.807) is 0 Å². The van der Waals surface area contributed by atoms with Crippen molar-refractivity contribution >= 4 is 17.9 Å². The van der Waals surface area contributed by atoms with Gasteiger partial charge in [0, 0.05) is 27.1 Å². The molecule has 1 aliphatic heterocycles. The summed E-state index contributed by atoms with van der Waals surface area (Å²) in [7, 11) is 0. The van der Waals surface area contributed by atoms with Gasteiger partial charge < -0.3 is 24.1 Å². The van der Waals surface area contributed by atoms with Crippen LogP contribution in [-0.4, -0.2) is 55.3 Å². The second-order valence-electron chi connectivity index (χ2n) is 4.44. The number of alkyl halides is 1. The van der Waals surface area contributed by atoms with Crippen molar-refractivity contribution in [1.82, 2.24) is 0 Å². The van der Waals surface area contributed by atoms with Gasteiger partial charge in [0.05, 0.1) is 0 Å². The Bertz CT molecular complexity index is 418. The van der Waals surface area contributed by atoms with E-state index in [1.165, 1.54) is 0 Å². The third-order valence-corrected chi connectivity index (χ3v) is 2.63. The number of carbonyl (C=O) groups excluding carboxylic acids is 3. The maximum Gasteiger partial charge on any atom is 1.00 e. The van der Waals surface area contributed by atoms with E-state index in [1.807, 2.05) is 0 Å². The van der Waals surface area contributed by atoms with Crippen LogP contribution in [0.1, 0.15) is 20.8 Å². The maximum atomic E-state index is 13.9. The minimum absolute atomic E-state index is 0. The van der Waals surface area contributed by atoms with Gasteiger partial charge in [0.15, 0.2) is 18.4 Å². The zero-order chi connectivity index (χ0) is 16.2. The molecule has 1 fully saturated rings. The monoisotopic (exact) mass is 346 g/mol. The second-order valence-corrected chi connectivity index (χ2v) is 4.44. The van der Waals surface area contributed by atoms with Gasteiger partial charge in [0.2, 0.25) is 0 Å². The molecule has 1 heterocycles. The third kappa shape index (κ3) is 6.56. The number of halogens is 1. The summed E-state index contributed by atoms with van der Waals surface area (Å²) in [4.78, 5) is 32.9. The molecule has 0 aromatic heterocycles. The number of esters is 3. The summed E-state index contributed by atoms with van der Waals surface area (Å²) in [6, 6.07) is 0. The van der Waals surface area contributed by atoms with E-state index in [9.17, 15) is 23.9 Å². The summed E-state index contributed by atoms with van der Waals surface area (Å²) in [6.07, 6.45) is -8.60. The van der Waals surface area contributed by atoms with Gasteiger partial charge in [0.25, 0.3) is 0 Å². The Morgan fingerprint density at radius 1 is 1.05 bits per heavy atom. The molecule has 1 saturated heterocycles. The molecule has 1 rings (SSSR count). The minimum atomic E-state index is -2.22. The topological polar surface area (TPSA) is 111 Å². The number of hydrogen-bond donors (Lipinski definition) is 0. The van der Waals surface area contributed by atoms with Crippen LogP contribution in [0.25, 0.3) is 0 Å². The van der Waals surface area contributed by atoms with Crippen LogP contribution in [0.3, 0.4) is 0 Å². The van der Waals surface area contributed by atoms with Crippen LogP contribution in [0.5, 0.6) is 0 Å². The molecule has 1 aliphatic rings. The quantitative estimate of drug-likeness (QED) is 0.286. The van der Waals surface area contributed by atoms with Gasteiger partial charge >= 0.3 is 69.3 Å². The molecule has 22 heavy (non-hydrogen) atoms. The molecule has 0 spiro atoms. The standard InChI is InChI=1S/C12H16FO8.K/c1-5(14)18-4-8-10(19-6(2)15)11(20-7(3)16)9(13)12(17)21-8;/h8-12H,4H2,1-3H3;/q-1;+1. The number of ether oxygens (including phenoxy) is 4. The molecule has 0 saturated carbocycles. The first-order valence-corrected chi connectivity index (χ1v) is 6.15. The maximum absolute atomic E-state index is 13.9. The van der Waals surface area contributed by atoms with E-state index in [0.29, 0.717) is 0 Å². The first kappa shape index (κ1) is 21.9. The van der Waals surface area contributed by atoms with Crippen LogP contribution < -0.4 is 56.5 Å². The fraction of sp³-hybridized carbons (Fsp3) is 0.750. The molecule has 0 bridgehead atoms. The molecule has 10 heteroatoms. The molecule has 0 radical (unpaired) electrons. The van der Waals surface area contributed by atoms with E-state index >= 15 is 0 Å². The molecule has 8 nitrogen and oxygen atoms in total. The van der Waals surface area contributed by atoms with E-state index in [0.717, 1.165) is 20.8 Å². The van der Waals surface area contributed by atoms with Crippen molar-refractivity contribution in [3.63, 3.8) is 0 Å². The number of rotatable bonds is 4. The van der Waals surface area contributed by atoms with E-state index < -0.39 is 55.3 Å². The largest absolute Gasteiger partial charge is 1.00 e. The fourth-order valence-corrected chi connectivity index (χ4v) is 1.86. The molecule has 0 aliphatic carbocycles. The molecular weight excluding hydrogens is 330 g/mol. The van der Waals surface area contributed by atoms with Crippen molar-refractivity contribution in [1.29, 1.82) is 0 Å². The average Bonchev–Trinajstić information content (AvgIpc) is 2.35. The Hall–Kier alpha value is -0.104. The van der Waals surface area contributed by atoms with Gasteiger partial charge in [-0.1, -0.05) is 0 Å². The number of hydrogen-bond acceptors (Lipinski definition) is 8. The van der Waals surface area contributed by atoms with Crippen molar-refractivity contribution in [2.75, 3.05) is 6.61 Å². The predicted molar refractivity (Wildman–Crippen MR) is 61.3 cm³/mol. The third-order valence-electron chi connectivity index (χ3n) is 2.63. The van der Waals surface area contributed by atoms with Crippen molar-refractivity contribution in [2.45, 2.75) is 51.5 Å². The molecule has 0 amide bonds. The van der Waals surface area contributed by atoms with Gasteiger partial charge in [0.1, 0.15) is 12.7 Å². The van der Waals surface area contributed by atoms with Crippen molar-refractivity contribution in [3.8, 4) is 0 Å². The minimum Gasteiger partial charge on any atom is -0.829 e. The summed E-state index contributed by atoms with van der Waals surface area (Å²) >= 11 is 0. The van der Waals surface area contributed by atoms with E-state index in [2.05, 4.69) is 4.74 Å². The molecule has 0 N–H and O–H groups in total. The molecule has 0 aromatic rings. The van der Waals surface area contributed by atoms with Crippen LogP contribution in [0.2, 0.25) is 0 Å². The molecule has 0 aromatic carbocycles. The average molecular weight is 346 g/mol. The van der Waals surface area contributed by atoms with Crippen molar-refractivity contribution in [3.05, 3.63) is 0 Å². The normalized spacial score (nSPS) is 30.7. The fourth-order valence-electron chi connectivity index (χ4n) is 1.86. The van der Waals surface area contributed by atoms with Gasteiger partial charge in [-0.25, -0.2) is 4.39 Å². The second kappa shape index (κ2) is 9.91. The van der Waals surface area contributed by atoms with Crippen molar-refractivity contribution < 1.29 is 94.2 Å². The summed E-state index contributed by atoms with van der Waals surface area (Å²) in [5, 5.41) is 11.5. The summed E-state index contributed by atoms with van der Waals surface area (Å²) in [5.74, 6) is -2.29. The SMILES string of the molecule is CC(=O)OCC1OC([O-])C(F)C(OC(C)=O)C1OC(C)=O.[K+]. The Labute approximate surface area is 169 Å². The number of carbonyl (C=O) groups is 3. The molecular formula is C12H16FKO8. The van der Waals surface area contributed by atoms with Gasteiger partial charge in [-0.15, -0.1) is 0 Å². The zero-order valence-electron chi connectivity index (χ0n) is 12.7. The van der Waals surface area contributed by atoms with Crippen LogP contribution in [0.15, 0.2) is 0 Å². The van der Waals surface area contributed by atoms with Crippen LogP contribution >= 0.6 is 0 Å². The first-order chi connectivity index (χ1) is 9.72. The molecule has 5 unspecified atom stereocenters.